The summed E-state index contributed by atoms with van der Waals surface area (Å²) in [7, 11) is 0. The second-order valence-corrected chi connectivity index (χ2v) is 6.02. The van der Waals surface area contributed by atoms with Gasteiger partial charge in [-0.05, 0) is 24.1 Å². The fraction of sp³-hybridized carbons (Fsp3) is 0.438. The van der Waals surface area contributed by atoms with Crippen LogP contribution in [0, 0.1) is 5.92 Å². The van der Waals surface area contributed by atoms with Crippen molar-refractivity contribution in [1.82, 2.24) is 10.6 Å². The third-order valence-corrected chi connectivity index (χ3v) is 3.08. The largest absolute Gasteiger partial charge is 0.452 e. The molecule has 0 atom stereocenters. The topological polar surface area (TPSA) is 84.5 Å². The van der Waals surface area contributed by atoms with Crippen LogP contribution < -0.4 is 10.6 Å². The minimum absolute atomic E-state index is 0.0856. The maximum Gasteiger partial charge on any atom is 0.416 e. The lowest BCUT2D eigenvalue weighted by molar-refractivity contribution is -0.143. The van der Waals surface area contributed by atoms with Crippen LogP contribution in [0.25, 0.3) is 0 Å². The molecule has 0 aliphatic rings. The van der Waals surface area contributed by atoms with Crippen molar-refractivity contribution >= 4 is 17.9 Å². The molecule has 0 aromatic heterocycles. The van der Waals surface area contributed by atoms with Crippen molar-refractivity contribution < 1.29 is 45.5 Å². The predicted molar refractivity (Wildman–Crippen MR) is 83.1 cm³/mol. The number of hydrogen-bond donors (Lipinski definition) is 2. The number of esters is 1. The van der Waals surface area contributed by atoms with Crippen molar-refractivity contribution in [1.29, 1.82) is 0 Å². The molecule has 28 heavy (non-hydrogen) atoms. The lowest BCUT2D eigenvalue weighted by Crippen LogP contribution is -2.42. The molecule has 0 bridgehead atoms. The molecule has 0 fully saturated rings. The lowest BCUT2D eigenvalue weighted by atomic mass is 10.0. The molecule has 0 aliphatic heterocycles. The normalized spacial score (nSPS) is 11.9. The minimum Gasteiger partial charge on any atom is -0.452 e. The Labute approximate surface area is 155 Å². The summed E-state index contributed by atoms with van der Waals surface area (Å²) in [6.07, 6.45) is -10.3. The monoisotopic (exact) mass is 414 g/mol. The molecule has 2 N–H and O–H groups in total. The summed E-state index contributed by atoms with van der Waals surface area (Å²) in [5.74, 6) is -2.62. The van der Waals surface area contributed by atoms with E-state index in [0.717, 1.165) is 0 Å². The summed E-state index contributed by atoms with van der Waals surface area (Å²) in [6.45, 7) is 2.73. The first-order chi connectivity index (χ1) is 12.7. The Hall–Kier alpha value is -2.79. The number of nitrogens with one attached hydrogen (secondary N) is 2. The molecule has 156 valence electrons. The Morgan fingerprint density at radius 1 is 0.964 bits per heavy atom. The number of benzene rings is 1. The SMILES string of the molecule is CC(C)CNC(=O)NC(=O)COC(=O)c1cc(C(F)(F)F)cc(C(F)(F)F)c1. The van der Waals surface area contributed by atoms with Gasteiger partial charge in [0.2, 0.25) is 0 Å². The third-order valence-electron chi connectivity index (χ3n) is 3.08. The van der Waals surface area contributed by atoms with Crippen molar-refractivity contribution in [2.75, 3.05) is 13.2 Å². The van der Waals surface area contributed by atoms with Crippen molar-refractivity contribution in [2.45, 2.75) is 26.2 Å². The standard InChI is InChI=1S/C16H16F6N2O4/c1-8(2)6-23-14(27)24-12(25)7-28-13(26)9-3-10(15(17,18)19)5-11(4-9)16(20,21)22/h3-5,8H,6-7H2,1-2H3,(H2,23,24,25,27). The summed E-state index contributed by atoms with van der Waals surface area (Å²) < 4.78 is 80.9. The Kier molecular flexibility index (Phi) is 7.42. The molecule has 0 unspecified atom stereocenters. The summed E-state index contributed by atoms with van der Waals surface area (Å²) in [5, 5.41) is 4.11. The average molecular weight is 414 g/mol. The summed E-state index contributed by atoms with van der Waals surface area (Å²) >= 11 is 0. The first-order valence-corrected chi connectivity index (χ1v) is 7.74. The van der Waals surface area contributed by atoms with Gasteiger partial charge in [0.05, 0.1) is 16.7 Å². The molecule has 12 heteroatoms. The highest BCUT2D eigenvalue weighted by Gasteiger charge is 2.37. The van der Waals surface area contributed by atoms with Gasteiger partial charge in [-0.2, -0.15) is 26.3 Å². The second kappa shape index (κ2) is 8.93. The zero-order valence-electron chi connectivity index (χ0n) is 14.6. The van der Waals surface area contributed by atoms with E-state index in [-0.39, 0.29) is 30.7 Å². The molecule has 0 aliphatic carbocycles. The molecule has 1 aromatic carbocycles. The highest BCUT2D eigenvalue weighted by atomic mass is 19.4. The molecule has 1 rings (SSSR count). The lowest BCUT2D eigenvalue weighted by Gasteiger charge is -2.14. The van der Waals surface area contributed by atoms with Gasteiger partial charge in [-0.25, -0.2) is 9.59 Å². The molecular formula is C16H16F6N2O4. The van der Waals surface area contributed by atoms with Gasteiger partial charge >= 0.3 is 24.4 Å². The first-order valence-electron chi connectivity index (χ1n) is 7.74. The number of carbonyl (C=O) groups is 3. The molecular weight excluding hydrogens is 398 g/mol. The van der Waals surface area contributed by atoms with E-state index in [1.54, 1.807) is 19.2 Å². The number of halogens is 6. The van der Waals surface area contributed by atoms with Gasteiger partial charge < -0.3 is 10.1 Å². The highest BCUT2D eigenvalue weighted by molar-refractivity contribution is 5.97. The van der Waals surface area contributed by atoms with Crippen LogP contribution in [0.2, 0.25) is 0 Å². The van der Waals surface area contributed by atoms with E-state index in [9.17, 15) is 40.7 Å². The number of hydrogen-bond acceptors (Lipinski definition) is 4. The molecule has 0 heterocycles. The number of alkyl halides is 6. The van der Waals surface area contributed by atoms with Gasteiger partial charge in [0.25, 0.3) is 5.91 Å². The number of amides is 3. The van der Waals surface area contributed by atoms with Gasteiger partial charge in [-0.1, -0.05) is 13.8 Å². The number of urea groups is 1. The minimum atomic E-state index is -5.14. The molecule has 0 saturated heterocycles. The van der Waals surface area contributed by atoms with E-state index in [1.807, 2.05) is 0 Å². The average Bonchev–Trinajstić information content (AvgIpc) is 2.55. The van der Waals surface area contributed by atoms with Gasteiger partial charge in [-0.3, -0.25) is 10.1 Å². The molecule has 1 aromatic rings. The maximum absolute atomic E-state index is 12.8. The van der Waals surface area contributed by atoms with Crippen LogP contribution in [-0.2, 0) is 21.9 Å². The van der Waals surface area contributed by atoms with E-state index < -0.39 is 53.6 Å². The predicted octanol–water partition coefficient (Wildman–Crippen LogP) is 3.36. The fourth-order valence-corrected chi connectivity index (χ4v) is 1.79. The van der Waals surface area contributed by atoms with Crippen LogP contribution in [0.3, 0.4) is 0 Å². The van der Waals surface area contributed by atoms with Crippen molar-refractivity contribution in [3.05, 3.63) is 34.9 Å². The van der Waals surface area contributed by atoms with Crippen molar-refractivity contribution in [2.24, 2.45) is 5.92 Å². The van der Waals surface area contributed by atoms with Crippen LogP contribution in [0.4, 0.5) is 31.1 Å². The van der Waals surface area contributed by atoms with Crippen LogP contribution in [0.1, 0.15) is 35.3 Å². The van der Waals surface area contributed by atoms with E-state index in [0.29, 0.717) is 0 Å². The molecule has 0 spiro atoms. The summed E-state index contributed by atoms with van der Waals surface area (Å²) in [6, 6.07) is -0.703. The Balaban J connectivity index is 2.83. The van der Waals surface area contributed by atoms with Crippen LogP contribution in [0.15, 0.2) is 18.2 Å². The first kappa shape index (κ1) is 23.2. The zero-order chi connectivity index (χ0) is 21.7. The maximum atomic E-state index is 12.8. The zero-order valence-corrected chi connectivity index (χ0v) is 14.6. The summed E-state index contributed by atoms with van der Waals surface area (Å²) in [4.78, 5) is 34.6. The van der Waals surface area contributed by atoms with Crippen LogP contribution in [0.5, 0.6) is 0 Å². The fourth-order valence-electron chi connectivity index (χ4n) is 1.79. The number of imide groups is 1. The van der Waals surface area contributed by atoms with Crippen molar-refractivity contribution in [3.63, 3.8) is 0 Å². The highest BCUT2D eigenvalue weighted by Crippen LogP contribution is 2.36. The Bertz CT molecular complexity index is 711. The van der Waals surface area contributed by atoms with Gasteiger partial charge in [0.1, 0.15) is 0 Å². The van der Waals surface area contributed by atoms with Crippen molar-refractivity contribution in [3.8, 4) is 0 Å². The van der Waals surface area contributed by atoms with Gasteiger partial charge in [0.15, 0.2) is 6.61 Å². The molecule has 6 nitrogen and oxygen atoms in total. The second-order valence-electron chi connectivity index (χ2n) is 6.02. The molecule has 0 radical (unpaired) electrons. The number of carbonyl (C=O) groups excluding carboxylic acids is 3. The van der Waals surface area contributed by atoms with E-state index in [2.05, 4.69) is 10.1 Å². The summed E-state index contributed by atoms with van der Waals surface area (Å²) in [5.41, 5.74) is -4.45. The number of rotatable bonds is 5. The molecule has 3 amide bonds. The van der Waals surface area contributed by atoms with Crippen LogP contribution >= 0.6 is 0 Å². The Morgan fingerprint density at radius 2 is 1.46 bits per heavy atom. The van der Waals surface area contributed by atoms with Crippen LogP contribution in [-0.4, -0.2) is 31.1 Å². The number of ether oxygens (including phenoxy) is 1. The van der Waals surface area contributed by atoms with E-state index in [1.165, 1.54) is 0 Å². The van der Waals surface area contributed by atoms with E-state index >= 15 is 0 Å². The van der Waals surface area contributed by atoms with E-state index in [4.69, 9.17) is 0 Å². The quantitative estimate of drug-likeness (QED) is 0.572. The van der Waals surface area contributed by atoms with Gasteiger partial charge in [0, 0.05) is 6.54 Å². The molecule has 0 saturated carbocycles. The van der Waals surface area contributed by atoms with Gasteiger partial charge in [-0.15, -0.1) is 0 Å². The third kappa shape index (κ3) is 7.45. The Morgan fingerprint density at radius 3 is 1.89 bits per heavy atom. The smallest absolute Gasteiger partial charge is 0.416 e.